The molecule has 0 aromatic heterocycles. The van der Waals surface area contributed by atoms with Crippen LogP contribution in [-0.4, -0.2) is 18.2 Å². The van der Waals surface area contributed by atoms with Gasteiger partial charge >= 0.3 is 0 Å². The summed E-state index contributed by atoms with van der Waals surface area (Å²) in [6, 6.07) is 4.49. The monoisotopic (exact) mass is 183 g/mol. The van der Waals surface area contributed by atoms with E-state index in [-0.39, 0.29) is 5.75 Å². The van der Waals surface area contributed by atoms with Gasteiger partial charge in [0.15, 0.2) is 11.6 Å². The number of halogens is 1. The zero-order chi connectivity index (χ0) is 9.68. The molecule has 0 radical (unpaired) electrons. The quantitative estimate of drug-likeness (QED) is 0.696. The van der Waals surface area contributed by atoms with Crippen LogP contribution < -0.4 is 5.32 Å². The zero-order valence-electron chi connectivity index (χ0n) is 7.68. The number of benzene rings is 1. The van der Waals surface area contributed by atoms with E-state index in [1.807, 2.05) is 6.92 Å². The molecule has 72 valence electrons. The molecule has 0 unspecified atom stereocenters. The van der Waals surface area contributed by atoms with Crippen LogP contribution in [0, 0.1) is 5.82 Å². The molecule has 0 spiro atoms. The zero-order valence-corrected chi connectivity index (χ0v) is 7.68. The van der Waals surface area contributed by atoms with Crippen molar-refractivity contribution in [2.45, 2.75) is 13.3 Å². The Labute approximate surface area is 77.4 Å². The van der Waals surface area contributed by atoms with Crippen LogP contribution in [0.1, 0.15) is 12.5 Å². The maximum absolute atomic E-state index is 12.8. The first-order valence-corrected chi connectivity index (χ1v) is 4.42. The summed E-state index contributed by atoms with van der Waals surface area (Å²) >= 11 is 0. The number of likely N-dealkylation sites (N-methyl/N-ethyl adjacent to an activating group) is 1. The van der Waals surface area contributed by atoms with E-state index in [4.69, 9.17) is 5.11 Å². The van der Waals surface area contributed by atoms with E-state index in [0.717, 1.165) is 25.1 Å². The van der Waals surface area contributed by atoms with Gasteiger partial charge < -0.3 is 10.4 Å². The third-order valence-electron chi connectivity index (χ3n) is 1.85. The van der Waals surface area contributed by atoms with E-state index in [1.54, 1.807) is 6.07 Å². The van der Waals surface area contributed by atoms with E-state index >= 15 is 0 Å². The molecule has 0 amide bonds. The van der Waals surface area contributed by atoms with E-state index in [9.17, 15) is 4.39 Å². The van der Waals surface area contributed by atoms with Crippen molar-refractivity contribution in [1.82, 2.24) is 5.32 Å². The first kappa shape index (κ1) is 9.99. The maximum atomic E-state index is 12.8. The SMILES string of the molecule is CCNCCc1ccc(O)c(F)c1. The van der Waals surface area contributed by atoms with Gasteiger partial charge in [-0.25, -0.2) is 4.39 Å². The first-order chi connectivity index (χ1) is 6.24. The predicted octanol–water partition coefficient (Wildman–Crippen LogP) is 1.68. The van der Waals surface area contributed by atoms with E-state index in [0.29, 0.717) is 0 Å². The van der Waals surface area contributed by atoms with E-state index < -0.39 is 5.82 Å². The minimum Gasteiger partial charge on any atom is -0.505 e. The van der Waals surface area contributed by atoms with Crippen molar-refractivity contribution in [1.29, 1.82) is 0 Å². The first-order valence-electron chi connectivity index (χ1n) is 4.42. The number of phenolic OH excluding ortho intramolecular Hbond substituents is 1. The fourth-order valence-corrected chi connectivity index (χ4v) is 1.12. The van der Waals surface area contributed by atoms with Crippen LogP contribution >= 0.6 is 0 Å². The molecule has 1 aromatic carbocycles. The van der Waals surface area contributed by atoms with Crippen molar-refractivity contribution in [3.05, 3.63) is 29.6 Å². The van der Waals surface area contributed by atoms with Crippen molar-refractivity contribution in [3.8, 4) is 5.75 Å². The van der Waals surface area contributed by atoms with Crippen LogP contribution in [0.15, 0.2) is 18.2 Å². The van der Waals surface area contributed by atoms with Crippen molar-refractivity contribution in [2.24, 2.45) is 0 Å². The summed E-state index contributed by atoms with van der Waals surface area (Å²) in [7, 11) is 0. The fraction of sp³-hybridized carbons (Fsp3) is 0.400. The van der Waals surface area contributed by atoms with Gasteiger partial charge in [-0.15, -0.1) is 0 Å². The largest absolute Gasteiger partial charge is 0.505 e. The van der Waals surface area contributed by atoms with Crippen molar-refractivity contribution in [3.63, 3.8) is 0 Å². The number of nitrogens with one attached hydrogen (secondary N) is 1. The Morgan fingerprint density at radius 2 is 2.23 bits per heavy atom. The molecular formula is C10H14FNO. The normalized spacial score (nSPS) is 10.3. The van der Waals surface area contributed by atoms with Gasteiger partial charge in [-0.05, 0) is 37.2 Å². The van der Waals surface area contributed by atoms with Gasteiger partial charge in [0.1, 0.15) is 0 Å². The van der Waals surface area contributed by atoms with Crippen molar-refractivity contribution < 1.29 is 9.50 Å². The average Bonchev–Trinajstić information content (AvgIpc) is 2.12. The van der Waals surface area contributed by atoms with E-state index in [1.165, 1.54) is 12.1 Å². The number of hydrogen-bond acceptors (Lipinski definition) is 2. The molecule has 0 saturated carbocycles. The second-order valence-corrected chi connectivity index (χ2v) is 2.89. The second-order valence-electron chi connectivity index (χ2n) is 2.89. The van der Waals surface area contributed by atoms with Crippen molar-refractivity contribution in [2.75, 3.05) is 13.1 Å². The third kappa shape index (κ3) is 3.03. The van der Waals surface area contributed by atoms with Gasteiger partial charge in [-0.3, -0.25) is 0 Å². The molecule has 13 heavy (non-hydrogen) atoms. The van der Waals surface area contributed by atoms with Gasteiger partial charge in [0, 0.05) is 0 Å². The van der Waals surface area contributed by atoms with Crippen LogP contribution in [-0.2, 0) is 6.42 Å². The summed E-state index contributed by atoms with van der Waals surface area (Å²) in [4.78, 5) is 0. The molecule has 2 N–H and O–H groups in total. The molecule has 0 heterocycles. The molecule has 2 nitrogen and oxygen atoms in total. The molecule has 0 bridgehead atoms. The Morgan fingerprint density at radius 1 is 1.46 bits per heavy atom. The molecular weight excluding hydrogens is 169 g/mol. The molecule has 0 atom stereocenters. The molecule has 1 rings (SSSR count). The maximum Gasteiger partial charge on any atom is 0.165 e. The van der Waals surface area contributed by atoms with Crippen LogP contribution in [0.3, 0.4) is 0 Å². The lowest BCUT2D eigenvalue weighted by Gasteiger charge is -2.02. The Kier molecular flexibility index (Phi) is 3.71. The highest BCUT2D eigenvalue weighted by atomic mass is 19.1. The van der Waals surface area contributed by atoms with Crippen LogP contribution in [0.2, 0.25) is 0 Å². The third-order valence-corrected chi connectivity index (χ3v) is 1.85. The lowest BCUT2D eigenvalue weighted by molar-refractivity contribution is 0.431. The minimum absolute atomic E-state index is 0.285. The molecule has 0 aliphatic carbocycles. The summed E-state index contributed by atoms with van der Waals surface area (Å²) < 4.78 is 12.8. The summed E-state index contributed by atoms with van der Waals surface area (Å²) in [5.41, 5.74) is 0.899. The number of phenols is 1. The topological polar surface area (TPSA) is 32.3 Å². The number of rotatable bonds is 4. The summed E-state index contributed by atoms with van der Waals surface area (Å²) in [6.07, 6.45) is 0.783. The van der Waals surface area contributed by atoms with Crippen molar-refractivity contribution >= 4 is 0 Å². The van der Waals surface area contributed by atoms with Gasteiger partial charge in [0.25, 0.3) is 0 Å². The summed E-state index contributed by atoms with van der Waals surface area (Å²) in [6.45, 7) is 3.78. The van der Waals surface area contributed by atoms with Gasteiger partial charge in [-0.2, -0.15) is 0 Å². The lowest BCUT2D eigenvalue weighted by atomic mass is 10.1. The summed E-state index contributed by atoms with van der Waals surface area (Å²) in [5, 5.41) is 12.1. The molecule has 0 aliphatic heterocycles. The Hall–Kier alpha value is -1.09. The molecule has 0 aliphatic rings. The lowest BCUT2D eigenvalue weighted by Crippen LogP contribution is -2.16. The smallest absolute Gasteiger partial charge is 0.165 e. The van der Waals surface area contributed by atoms with E-state index in [2.05, 4.69) is 5.32 Å². The molecule has 1 aromatic rings. The Balaban J connectivity index is 2.53. The van der Waals surface area contributed by atoms with Crippen LogP contribution in [0.4, 0.5) is 4.39 Å². The number of hydrogen-bond donors (Lipinski definition) is 2. The highest BCUT2D eigenvalue weighted by molar-refractivity contribution is 5.28. The Morgan fingerprint density at radius 3 is 2.85 bits per heavy atom. The fourth-order valence-electron chi connectivity index (χ4n) is 1.12. The van der Waals surface area contributed by atoms with Crippen LogP contribution in [0.25, 0.3) is 0 Å². The Bertz CT molecular complexity index is 276. The molecule has 0 fully saturated rings. The predicted molar refractivity (Wildman–Crippen MR) is 50.3 cm³/mol. The molecule has 3 heteroatoms. The van der Waals surface area contributed by atoms with Crippen LogP contribution in [0.5, 0.6) is 5.75 Å². The highest BCUT2D eigenvalue weighted by Gasteiger charge is 2.00. The molecule has 0 saturated heterocycles. The van der Waals surface area contributed by atoms with Gasteiger partial charge in [0.05, 0.1) is 0 Å². The summed E-state index contributed by atoms with van der Waals surface area (Å²) in [5.74, 6) is -0.832. The van der Waals surface area contributed by atoms with Gasteiger partial charge in [-0.1, -0.05) is 13.0 Å². The van der Waals surface area contributed by atoms with Gasteiger partial charge in [0.2, 0.25) is 0 Å². The second kappa shape index (κ2) is 4.82. The average molecular weight is 183 g/mol. The minimum atomic E-state index is -0.547. The number of aromatic hydroxyl groups is 1. The highest BCUT2D eigenvalue weighted by Crippen LogP contribution is 2.16. The standard InChI is InChI=1S/C10H14FNO/c1-2-12-6-5-8-3-4-10(13)9(11)7-8/h3-4,7,12-13H,2,5-6H2,1H3.